The Hall–Kier alpha value is -0.610. The zero-order valence-electron chi connectivity index (χ0n) is 11.9. The van der Waals surface area contributed by atoms with Crippen LogP contribution in [0.3, 0.4) is 0 Å². The fraction of sp³-hybridized carbons (Fsp3) is 0.600. The van der Waals surface area contributed by atoms with Gasteiger partial charge in [0.2, 0.25) is 0 Å². The molecule has 108 valence electrons. The molecule has 1 atom stereocenters. The normalized spacial score (nSPS) is 12.7. The molecule has 4 heteroatoms. The van der Waals surface area contributed by atoms with Gasteiger partial charge in [-0.3, -0.25) is 0 Å². The van der Waals surface area contributed by atoms with Crippen LogP contribution in [0, 0.1) is 18.6 Å². The van der Waals surface area contributed by atoms with E-state index in [0.29, 0.717) is 11.1 Å². The van der Waals surface area contributed by atoms with Gasteiger partial charge in [0.05, 0.1) is 0 Å². The van der Waals surface area contributed by atoms with Gasteiger partial charge < -0.3 is 5.32 Å². The third-order valence-electron chi connectivity index (χ3n) is 3.22. The highest BCUT2D eigenvalue weighted by molar-refractivity contribution is 7.98. The molecule has 1 aromatic carbocycles. The number of hydrogen-bond acceptors (Lipinski definition) is 2. The van der Waals surface area contributed by atoms with E-state index in [9.17, 15) is 8.78 Å². The third-order valence-corrected chi connectivity index (χ3v) is 3.92. The third kappa shape index (κ3) is 5.49. The topological polar surface area (TPSA) is 12.0 Å². The zero-order valence-corrected chi connectivity index (χ0v) is 12.7. The van der Waals surface area contributed by atoms with Gasteiger partial charge in [0, 0.05) is 11.6 Å². The fourth-order valence-corrected chi connectivity index (χ4v) is 2.46. The minimum absolute atomic E-state index is 0.157. The molecule has 19 heavy (non-hydrogen) atoms. The average Bonchev–Trinajstić information content (AvgIpc) is 2.37. The molecule has 0 aliphatic carbocycles. The first-order valence-electron chi connectivity index (χ1n) is 6.74. The Labute approximate surface area is 119 Å². The molecule has 1 rings (SSSR count). The Kier molecular flexibility index (Phi) is 7.39. The molecule has 0 aliphatic rings. The Morgan fingerprint density at radius 3 is 2.58 bits per heavy atom. The maximum Gasteiger partial charge on any atom is 0.128 e. The number of aryl methyl sites for hydroxylation is 1. The highest BCUT2D eigenvalue weighted by Gasteiger charge is 2.13. The molecule has 0 bridgehead atoms. The number of rotatable bonds is 8. The van der Waals surface area contributed by atoms with Crippen molar-refractivity contribution in [2.45, 2.75) is 39.2 Å². The van der Waals surface area contributed by atoms with Crippen molar-refractivity contribution in [3.8, 4) is 0 Å². The molecular formula is C15H23F2NS. The first kappa shape index (κ1) is 16.4. The average molecular weight is 287 g/mol. The van der Waals surface area contributed by atoms with E-state index in [2.05, 4.69) is 11.6 Å². The van der Waals surface area contributed by atoms with Crippen LogP contribution in [0.25, 0.3) is 0 Å². The smallest absolute Gasteiger partial charge is 0.128 e. The van der Waals surface area contributed by atoms with Gasteiger partial charge in [-0.15, -0.1) is 0 Å². The Morgan fingerprint density at radius 2 is 1.89 bits per heavy atom. The van der Waals surface area contributed by atoms with Gasteiger partial charge in [0.1, 0.15) is 11.6 Å². The lowest BCUT2D eigenvalue weighted by molar-refractivity contribution is 0.505. The lowest BCUT2D eigenvalue weighted by Crippen LogP contribution is -2.21. The summed E-state index contributed by atoms with van der Waals surface area (Å²) in [5.41, 5.74) is 0.762. The molecule has 0 heterocycles. The van der Waals surface area contributed by atoms with Crippen LogP contribution < -0.4 is 5.32 Å². The highest BCUT2D eigenvalue weighted by Crippen LogP contribution is 2.20. The SMILES string of the molecule is CSCCCCCNC(C)c1cc(F)c(C)cc1F. The number of benzene rings is 1. The lowest BCUT2D eigenvalue weighted by Gasteiger charge is -2.15. The van der Waals surface area contributed by atoms with E-state index in [1.165, 1.54) is 30.7 Å². The molecular weight excluding hydrogens is 264 g/mol. The van der Waals surface area contributed by atoms with E-state index < -0.39 is 0 Å². The number of unbranched alkanes of at least 4 members (excludes halogenated alkanes) is 2. The minimum atomic E-state index is -0.343. The van der Waals surface area contributed by atoms with E-state index >= 15 is 0 Å². The Balaban J connectivity index is 2.41. The van der Waals surface area contributed by atoms with Gasteiger partial charge in [-0.2, -0.15) is 11.8 Å². The molecule has 0 aliphatic heterocycles. The van der Waals surface area contributed by atoms with Crippen LogP contribution in [0.4, 0.5) is 8.78 Å². The summed E-state index contributed by atoms with van der Waals surface area (Å²) in [6.07, 6.45) is 5.56. The summed E-state index contributed by atoms with van der Waals surface area (Å²) in [7, 11) is 0. The monoisotopic (exact) mass is 287 g/mol. The Bertz CT molecular complexity index is 396. The van der Waals surface area contributed by atoms with Crippen molar-refractivity contribution in [3.63, 3.8) is 0 Å². The predicted molar refractivity (Wildman–Crippen MR) is 79.7 cm³/mol. The van der Waals surface area contributed by atoms with E-state index in [0.717, 1.165) is 13.0 Å². The summed E-state index contributed by atoms with van der Waals surface area (Å²) in [4.78, 5) is 0. The molecule has 1 nitrogen and oxygen atoms in total. The molecule has 0 radical (unpaired) electrons. The van der Waals surface area contributed by atoms with E-state index in [4.69, 9.17) is 0 Å². The van der Waals surface area contributed by atoms with Crippen molar-refractivity contribution >= 4 is 11.8 Å². The maximum absolute atomic E-state index is 13.7. The van der Waals surface area contributed by atoms with Gasteiger partial charge in [0.15, 0.2) is 0 Å². The molecule has 0 saturated heterocycles. The highest BCUT2D eigenvalue weighted by atomic mass is 32.2. The molecule has 0 saturated carbocycles. The van der Waals surface area contributed by atoms with Gasteiger partial charge in [0.25, 0.3) is 0 Å². The van der Waals surface area contributed by atoms with Crippen molar-refractivity contribution in [2.75, 3.05) is 18.6 Å². The standard InChI is InChI=1S/C15H23F2NS/c1-11-9-15(17)13(10-14(11)16)12(2)18-7-5-4-6-8-19-3/h9-10,12,18H,4-8H2,1-3H3. The van der Waals surface area contributed by atoms with Crippen LogP contribution in [0.1, 0.15) is 43.4 Å². The summed E-state index contributed by atoms with van der Waals surface area (Å²) in [6, 6.07) is 2.41. The van der Waals surface area contributed by atoms with E-state index in [1.54, 1.807) is 6.92 Å². The van der Waals surface area contributed by atoms with Gasteiger partial charge in [-0.05, 0) is 62.9 Å². The Morgan fingerprint density at radius 1 is 1.16 bits per heavy atom. The first-order valence-corrected chi connectivity index (χ1v) is 8.13. The summed E-state index contributed by atoms with van der Waals surface area (Å²) in [5, 5.41) is 3.25. The van der Waals surface area contributed by atoms with Crippen LogP contribution in [0.5, 0.6) is 0 Å². The second-order valence-electron chi connectivity index (χ2n) is 4.85. The van der Waals surface area contributed by atoms with Crippen molar-refractivity contribution < 1.29 is 8.78 Å². The molecule has 1 N–H and O–H groups in total. The van der Waals surface area contributed by atoms with Crippen LogP contribution in [0.2, 0.25) is 0 Å². The molecule has 1 aromatic rings. The van der Waals surface area contributed by atoms with Crippen LogP contribution >= 0.6 is 11.8 Å². The second kappa shape index (κ2) is 8.54. The van der Waals surface area contributed by atoms with Crippen molar-refractivity contribution in [2.24, 2.45) is 0 Å². The summed E-state index contributed by atoms with van der Waals surface area (Å²) >= 11 is 1.86. The summed E-state index contributed by atoms with van der Waals surface area (Å²) < 4.78 is 27.2. The lowest BCUT2D eigenvalue weighted by atomic mass is 10.0. The van der Waals surface area contributed by atoms with Crippen molar-refractivity contribution in [1.82, 2.24) is 5.32 Å². The maximum atomic E-state index is 13.7. The minimum Gasteiger partial charge on any atom is -0.310 e. The zero-order chi connectivity index (χ0) is 14.3. The van der Waals surface area contributed by atoms with Gasteiger partial charge >= 0.3 is 0 Å². The van der Waals surface area contributed by atoms with Crippen molar-refractivity contribution in [1.29, 1.82) is 0 Å². The van der Waals surface area contributed by atoms with Gasteiger partial charge in [-0.25, -0.2) is 8.78 Å². The molecule has 0 spiro atoms. The van der Waals surface area contributed by atoms with Crippen LogP contribution in [-0.2, 0) is 0 Å². The first-order chi connectivity index (χ1) is 9.06. The molecule has 0 amide bonds. The van der Waals surface area contributed by atoms with Gasteiger partial charge in [-0.1, -0.05) is 6.42 Å². The number of thioether (sulfide) groups is 1. The molecule has 1 unspecified atom stereocenters. The van der Waals surface area contributed by atoms with Crippen molar-refractivity contribution in [3.05, 3.63) is 34.9 Å². The van der Waals surface area contributed by atoms with Crippen LogP contribution in [0.15, 0.2) is 12.1 Å². The molecule has 0 fully saturated rings. The summed E-state index contributed by atoms with van der Waals surface area (Å²) in [6.45, 7) is 4.28. The van der Waals surface area contributed by atoms with E-state index in [1.807, 2.05) is 18.7 Å². The summed E-state index contributed by atoms with van der Waals surface area (Å²) in [5.74, 6) is 0.513. The quantitative estimate of drug-likeness (QED) is 0.709. The largest absolute Gasteiger partial charge is 0.310 e. The predicted octanol–water partition coefficient (Wildman–Crippen LogP) is 4.46. The van der Waals surface area contributed by atoms with E-state index in [-0.39, 0.29) is 17.7 Å². The number of nitrogens with one attached hydrogen (secondary N) is 1. The number of halogens is 2. The van der Waals surface area contributed by atoms with Crippen LogP contribution in [-0.4, -0.2) is 18.6 Å². The second-order valence-corrected chi connectivity index (χ2v) is 5.84. The molecule has 0 aromatic heterocycles. The fourth-order valence-electron chi connectivity index (χ4n) is 1.97. The number of hydrogen-bond donors (Lipinski definition) is 1.